The van der Waals surface area contributed by atoms with Gasteiger partial charge in [0.25, 0.3) is 0 Å². The molecule has 4 heteroatoms. The third-order valence-corrected chi connectivity index (χ3v) is 2.29. The number of rotatable bonds is 2. The molecule has 0 radical (unpaired) electrons. The minimum absolute atomic E-state index is 0.106. The second-order valence-corrected chi connectivity index (χ2v) is 3.71. The first-order valence-corrected chi connectivity index (χ1v) is 4.57. The van der Waals surface area contributed by atoms with Crippen molar-refractivity contribution in [1.29, 1.82) is 0 Å². The predicted octanol–water partition coefficient (Wildman–Crippen LogP) is 3.73. The van der Waals surface area contributed by atoms with E-state index in [4.69, 9.17) is 0 Å². The minimum atomic E-state index is -4.18. The van der Waals surface area contributed by atoms with Crippen molar-refractivity contribution in [2.24, 2.45) is 0 Å². The van der Waals surface area contributed by atoms with Crippen LogP contribution in [0.5, 0.6) is 0 Å². The van der Waals surface area contributed by atoms with Gasteiger partial charge in [0.1, 0.15) is 6.04 Å². The number of alkyl halides is 3. The van der Waals surface area contributed by atoms with Crippen molar-refractivity contribution < 1.29 is 13.2 Å². The molecule has 0 spiro atoms. The van der Waals surface area contributed by atoms with E-state index in [1.807, 2.05) is 13.8 Å². The summed E-state index contributed by atoms with van der Waals surface area (Å²) in [6.45, 7) is 4.94. The molecule has 0 aliphatic rings. The summed E-state index contributed by atoms with van der Waals surface area (Å²) in [7, 11) is 0. The highest BCUT2D eigenvalue weighted by molar-refractivity contribution is 5.12. The van der Waals surface area contributed by atoms with Gasteiger partial charge in [0, 0.05) is 11.9 Å². The van der Waals surface area contributed by atoms with Crippen LogP contribution in [0.3, 0.4) is 0 Å². The molecule has 1 rings (SSSR count). The van der Waals surface area contributed by atoms with Crippen LogP contribution in [0.4, 0.5) is 13.2 Å². The van der Waals surface area contributed by atoms with Crippen LogP contribution in [0.15, 0.2) is 18.3 Å². The van der Waals surface area contributed by atoms with Crippen LogP contribution in [0.1, 0.15) is 38.4 Å². The molecule has 1 aromatic heterocycles. The van der Waals surface area contributed by atoms with Crippen LogP contribution < -0.4 is 0 Å². The molecule has 0 N–H and O–H groups in total. The van der Waals surface area contributed by atoms with Gasteiger partial charge in [-0.1, -0.05) is 13.8 Å². The molecular weight excluding hydrogens is 191 g/mol. The highest BCUT2D eigenvalue weighted by atomic mass is 19.4. The fourth-order valence-corrected chi connectivity index (χ4v) is 1.41. The lowest BCUT2D eigenvalue weighted by Gasteiger charge is -2.21. The zero-order valence-corrected chi connectivity index (χ0v) is 8.47. The van der Waals surface area contributed by atoms with E-state index in [9.17, 15) is 13.2 Å². The van der Waals surface area contributed by atoms with E-state index in [1.165, 1.54) is 17.7 Å². The Morgan fingerprint density at radius 2 is 1.79 bits per heavy atom. The van der Waals surface area contributed by atoms with Gasteiger partial charge in [-0.25, -0.2) is 0 Å². The predicted molar refractivity (Wildman–Crippen MR) is 49.3 cm³/mol. The summed E-state index contributed by atoms with van der Waals surface area (Å²) < 4.78 is 38.6. The molecule has 14 heavy (non-hydrogen) atoms. The lowest BCUT2D eigenvalue weighted by Crippen LogP contribution is -2.24. The molecule has 0 amide bonds. The zero-order valence-electron chi connectivity index (χ0n) is 8.47. The molecule has 0 saturated carbocycles. The van der Waals surface area contributed by atoms with Gasteiger partial charge in [0.15, 0.2) is 0 Å². The number of nitrogens with zero attached hydrogens (tertiary/aromatic N) is 1. The van der Waals surface area contributed by atoms with E-state index in [0.717, 1.165) is 5.69 Å². The summed E-state index contributed by atoms with van der Waals surface area (Å²) in [6, 6.07) is 1.93. The number of hydrogen-bond acceptors (Lipinski definition) is 0. The molecule has 1 atom stereocenters. The number of halogens is 3. The Balaban J connectivity index is 3.01. The van der Waals surface area contributed by atoms with Crippen LogP contribution in [-0.4, -0.2) is 10.7 Å². The fraction of sp³-hybridized carbons (Fsp3) is 0.600. The quantitative estimate of drug-likeness (QED) is 0.693. The first-order chi connectivity index (χ1) is 6.34. The van der Waals surface area contributed by atoms with Gasteiger partial charge >= 0.3 is 6.18 Å². The van der Waals surface area contributed by atoms with Gasteiger partial charge in [0.05, 0.1) is 0 Å². The average Bonchev–Trinajstić information content (AvgIpc) is 2.48. The molecule has 0 aliphatic heterocycles. The number of aromatic nitrogens is 1. The van der Waals surface area contributed by atoms with E-state index < -0.39 is 12.2 Å². The van der Waals surface area contributed by atoms with Crippen LogP contribution >= 0.6 is 0 Å². The van der Waals surface area contributed by atoms with Crippen LogP contribution in [0.2, 0.25) is 0 Å². The number of hydrogen-bond donors (Lipinski definition) is 0. The van der Waals surface area contributed by atoms with Gasteiger partial charge in [-0.15, -0.1) is 0 Å². The van der Waals surface area contributed by atoms with Crippen LogP contribution in [0.25, 0.3) is 0 Å². The summed E-state index contributed by atoms with van der Waals surface area (Å²) in [5, 5.41) is 0. The van der Waals surface area contributed by atoms with Crippen molar-refractivity contribution in [3.8, 4) is 0 Å². The van der Waals surface area contributed by atoms with Gasteiger partial charge in [-0.3, -0.25) is 0 Å². The zero-order chi connectivity index (χ0) is 10.9. The normalized spacial score (nSPS) is 14.8. The smallest absolute Gasteiger partial charge is 0.339 e. The Kier molecular flexibility index (Phi) is 2.92. The third kappa shape index (κ3) is 2.11. The Morgan fingerprint density at radius 1 is 1.21 bits per heavy atom. The molecule has 80 valence electrons. The van der Waals surface area contributed by atoms with Crippen LogP contribution in [-0.2, 0) is 0 Å². The first kappa shape index (κ1) is 11.1. The van der Waals surface area contributed by atoms with E-state index in [1.54, 1.807) is 12.1 Å². The Morgan fingerprint density at radius 3 is 2.21 bits per heavy atom. The molecular formula is C10H14F3N. The SMILES string of the molecule is CC(C)c1cccn1[C@@H](C)C(F)(F)F. The molecule has 0 bridgehead atoms. The maximum absolute atomic E-state index is 12.4. The second-order valence-electron chi connectivity index (χ2n) is 3.71. The van der Waals surface area contributed by atoms with Crippen molar-refractivity contribution in [1.82, 2.24) is 4.57 Å². The second kappa shape index (κ2) is 3.67. The Hall–Kier alpha value is -0.930. The maximum Gasteiger partial charge on any atom is 0.408 e. The lowest BCUT2D eigenvalue weighted by molar-refractivity contribution is -0.163. The molecule has 0 saturated heterocycles. The minimum Gasteiger partial charge on any atom is -0.339 e. The maximum atomic E-state index is 12.4. The summed E-state index contributed by atoms with van der Waals surface area (Å²) >= 11 is 0. The van der Waals surface area contributed by atoms with Crippen molar-refractivity contribution in [2.45, 2.75) is 38.9 Å². The molecule has 0 aromatic carbocycles. The Bertz CT molecular complexity index is 299. The molecule has 0 fully saturated rings. The average molecular weight is 205 g/mol. The van der Waals surface area contributed by atoms with E-state index in [2.05, 4.69) is 0 Å². The lowest BCUT2D eigenvalue weighted by atomic mass is 10.1. The van der Waals surface area contributed by atoms with Crippen LogP contribution in [0, 0.1) is 0 Å². The van der Waals surface area contributed by atoms with Crippen molar-refractivity contribution in [3.05, 3.63) is 24.0 Å². The van der Waals surface area contributed by atoms with E-state index >= 15 is 0 Å². The van der Waals surface area contributed by atoms with Gasteiger partial charge in [0.2, 0.25) is 0 Å². The molecule has 0 aliphatic carbocycles. The summed E-state index contributed by atoms with van der Waals surface area (Å²) in [5.41, 5.74) is 0.717. The third-order valence-electron chi connectivity index (χ3n) is 2.29. The fourth-order valence-electron chi connectivity index (χ4n) is 1.41. The first-order valence-electron chi connectivity index (χ1n) is 4.57. The van der Waals surface area contributed by atoms with Crippen molar-refractivity contribution >= 4 is 0 Å². The van der Waals surface area contributed by atoms with Gasteiger partial charge < -0.3 is 4.57 Å². The monoisotopic (exact) mass is 205 g/mol. The van der Waals surface area contributed by atoms with E-state index in [-0.39, 0.29) is 5.92 Å². The Labute approximate surface area is 81.5 Å². The summed E-state index contributed by atoms with van der Waals surface area (Å²) in [4.78, 5) is 0. The highest BCUT2D eigenvalue weighted by Gasteiger charge is 2.37. The highest BCUT2D eigenvalue weighted by Crippen LogP contribution is 2.32. The van der Waals surface area contributed by atoms with Gasteiger partial charge in [-0.2, -0.15) is 13.2 Å². The molecule has 1 nitrogen and oxygen atoms in total. The standard InChI is InChI=1S/C10H14F3N/c1-7(2)9-5-4-6-14(9)8(3)10(11,12)13/h4-8H,1-3H3/t8-/m0/s1. The topological polar surface area (TPSA) is 4.93 Å². The van der Waals surface area contributed by atoms with Gasteiger partial charge in [-0.05, 0) is 25.0 Å². The van der Waals surface area contributed by atoms with Crippen molar-refractivity contribution in [3.63, 3.8) is 0 Å². The molecule has 0 unspecified atom stereocenters. The molecule has 1 aromatic rings. The largest absolute Gasteiger partial charge is 0.408 e. The van der Waals surface area contributed by atoms with Crippen molar-refractivity contribution in [2.75, 3.05) is 0 Å². The summed E-state index contributed by atoms with van der Waals surface area (Å²) in [6.07, 6.45) is -2.70. The summed E-state index contributed by atoms with van der Waals surface area (Å²) in [5.74, 6) is 0.106. The van der Waals surface area contributed by atoms with E-state index in [0.29, 0.717) is 0 Å². The molecule has 1 heterocycles.